The fourth-order valence-electron chi connectivity index (χ4n) is 3.57. The van der Waals surface area contributed by atoms with Crippen LogP contribution in [0.25, 0.3) is 10.8 Å². The molecule has 0 aliphatic carbocycles. The third-order valence-electron chi connectivity index (χ3n) is 4.85. The van der Waals surface area contributed by atoms with Crippen LogP contribution >= 0.6 is 30.4 Å². The Kier molecular flexibility index (Phi) is 7.96. The second-order valence-corrected chi connectivity index (χ2v) is 10.4. The Labute approximate surface area is 204 Å². The van der Waals surface area contributed by atoms with E-state index >= 15 is 0 Å². The molecule has 1 aliphatic heterocycles. The predicted octanol–water partition coefficient (Wildman–Crippen LogP) is 9.28. The van der Waals surface area contributed by atoms with Gasteiger partial charge in [0.2, 0.25) is 0 Å². The van der Waals surface area contributed by atoms with E-state index in [4.69, 9.17) is 18.6 Å². The van der Waals surface area contributed by atoms with Crippen molar-refractivity contribution in [3.8, 4) is 0 Å². The fraction of sp³-hybridized carbons (Fsp3) is 0. The van der Waals surface area contributed by atoms with Crippen molar-refractivity contribution in [2.75, 3.05) is 4.90 Å². The van der Waals surface area contributed by atoms with Crippen LogP contribution in [0.5, 0.6) is 0 Å². The molecule has 0 amide bonds. The molecule has 5 heteroatoms. The molecular weight excluding hydrogens is 477 g/mol. The number of hydrogen-bond acceptors (Lipinski definition) is 2. The fourth-order valence-corrected chi connectivity index (χ4v) is 4.62. The molecule has 0 bridgehead atoms. The van der Waals surface area contributed by atoms with Crippen LogP contribution < -0.4 is 4.90 Å². The molecule has 5 aromatic carbocycles. The van der Waals surface area contributed by atoms with Crippen LogP contribution in [0.2, 0.25) is 0 Å². The van der Waals surface area contributed by atoms with Gasteiger partial charge in [0.25, 0.3) is 0 Å². The van der Waals surface area contributed by atoms with Crippen molar-refractivity contribution in [1.82, 2.24) is 0 Å². The van der Waals surface area contributed by atoms with Gasteiger partial charge in [0.1, 0.15) is 0 Å². The maximum absolute atomic E-state index is 4.89. The Morgan fingerprint density at radius 2 is 1.26 bits per heavy atom. The first-order chi connectivity index (χ1) is 15.3. The van der Waals surface area contributed by atoms with Crippen molar-refractivity contribution in [3.63, 3.8) is 0 Å². The van der Waals surface area contributed by atoms with Crippen molar-refractivity contribution in [2.24, 2.45) is 0 Å². The summed E-state index contributed by atoms with van der Waals surface area (Å²) in [7, 11) is 9.78. The predicted molar refractivity (Wildman–Crippen MR) is 132 cm³/mol. The van der Waals surface area contributed by atoms with E-state index in [0.29, 0.717) is 0 Å². The summed E-state index contributed by atoms with van der Waals surface area (Å²) in [5.74, 6) is 0. The van der Waals surface area contributed by atoms with Gasteiger partial charge in [0.05, 0.1) is 11.4 Å². The molecule has 154 valence electrons. The van der Waals surface area contributed by atoms with Gasteiger partial charge in [-0.25, -0.2) is 12.1 Å². The van der Waals surface area contributed by atoms with E-state index in [9.17, 15) is 0 Å². The van der Waals surface area contributed by atoms with Crippen molar-refractivity contribution in [3.05, 3.63) is 115 Å². The summed E-state index contributed by atoms with van der Waals surface area (Å²) in [4.78, 5) is 4.98. The Balaban J connectivity index is 0.000000247. The third kappa shape index (κ3) is 5.28. The molecule has 0 aromatic heterocycles. The average molecular weight is 496 g/mol. The van der Waals surface area contributed by atoms with Gasteiger partial charge in [-0.05, 0) is 30.0 Å². The molecule has 0 spiro atoms. The van der Waals surface area contributed by atoms with Crippen LogP contribution in [0.3, 0.4) is 0 Å². The van der Waals surface area contributed by atoms with Crippen molar-refractivity contribution < 1.29 is 17.0 Å². The molecule has 1 heterocycles. The molecule has 0 saturated carbocycles. The first-order valence-electron chi connectivity index (χ1n) is 9.76. The van der Waals surface area contributed by atoms with Gasteiger partial charge in [-0.15, -0.1) is 41.1 Å². The second-order valence-electron chi connectivity index (χ2n) is 6.75. The first-order valence-corrected chi connectivity index (χ1v) is 14.9. The van der Waals surface area contributed by atoms with E-state index in [1.807, 2.05) is 42.1 Å². The van der Waals surface area contributed by atoms with Crippen LogP contribution in [0.15, 0.2) is 125 Å². The number of benzene rings is 3. The zero-order valence-corrected chi connectivity index (χ0v) is 20.5. The van der Waals surface area contributed by atoms with Gasteiger partial charge >= 0.3 is 35.6 Å². The van der Waals surface area contributed by atoms with E-state index < -0.39 is 17.0 Å². The summed E-state index contributed by atoms with van der Waals surface area (Å²) in [6.45, 7) is 0. The van der Waals surface area contributed by atoms with Gasteiger partial charge in [-0.3, -0.25) is 0 Å². The molecule has 5 aromatic rings. The largest absolute Gasteiger partial charge is 0.327 e. The number of halogens is 2. The molecule has 0 unspecified atom stereocenters. The molecule has 1 aliphatic rings. The molecule has 6 rings (SSSR count). The van der Waals surface area contributed by atoms with E-state index in [1.165, 1.54) is 37.6 Å². The molecule has 0 fully saturated rings. The van der Waals surface area contributed by atoms with Gasteiger partial charge < -0.3 is 4.90 Å². The Morgan fingerprint density at radius 1 is 0.710 bits per heavy atom. The van der Waals surface area contributed by atoms with Crippen LogP contribution in [0, 0.1) is 0 Å². The second kappa shape index (κ2) is 11.1. The summed E-state index contributed by atoms with van der Waals surface area (Å²) >= 11 is 1.29. The van der Waals surface area contributed by atoms with Crippen molar-refractivity contribution in [1.29, 1.82) is 0 Å². The van der Waals surface area contributed by atoms with Crippen LogP contribution in [-0.2, 0) is 17.0 Å². The van der Waals surface area contributed by atoms with Gasteiger partial charge in [0, 0.05) is 9.79 Å². The summed E-state index contributed by atoms with van der Waals surface area (Å²) in [6.07, 6.45) is 0. The topological polar surface area (TPSA) is 3.24 Å². The molecule has 0 radical (unpaired) electrons. The SMILES string of the molecule is [Cl][Ti][Cl].c1cc[cH-]c1.c1ccc2c(c1)Sc1ccccc1N2c1cc2ccccc2[cH-]1. The Bertz CT molecular complexity index is 1140. The average Bonchev–Trinajstić information content (AvgIpc) is 3.51. The zero-order chi connectivity index (χ0) is 21.5. The van der Waals surface area contributed by atoms with E-state index in [2.05, 4.69) is 89.8 Å². The smallest absolute Gasteiger partial charge is 0.0584 e. The van der Waals surface area contributed by atoms with Crippen molar-refractivity contribution in [2.45, 2.75) is 9.79 Å². The standard InChI is InChI=1S/C21H14NS.C5H5.2ClH.Ti/c1-2-8-16-14-17(13-15(16)7-1)22-18-9-3-5-11-20(18)23-21-12-6-4-10-19(21)22;1-2-4-5-3-1;;;/h1-14H;1-5H;2*1H;/q2*-1;;;+2/p-2. The number of rotatable bonds is 1. The van der Waals surface area contributed by atoms with Crippen LogP contribution in [0.4, 0.5) is 17.1 Å². The monoisotopic (exact) mass is 495 g/mol. The minimum atomic E-state index is -0.556. The Morgan fingerprint density at radius 3 is 1.81 bits per heavy atom. The molecule has 31 heavy (non-hydrogen) atoms. The first kappa shape index (κ1) is 22.3. The summed E-state index contributed by atoms with van der Waals surface area (Å²) in [5, 5.41) is 2.58. The van der Waals surface area contributed by atoms with E-state index in [-0.39, 0.29) is 0 Å². The summed E-state index contributed by atoms with van der Waals surface area (Å²) in [5.41, 5.74) is 3.74. The van der Waals surface area contributed by atoms with Gasteiger partial charge in [0.15, 0.2) is 0 Å². The van der Waals surface area contributed by atoms with Crippen LogP contribution in [0.1, 0.15) is 0 Å². The Hall–Kier alpha value is -1.94. The minimum Gasteiger partial charge on any atom is -0.327 e. The van der Waals surface area contributed by atoms with Gasteiger partial charge in [-0.1, -0.05) is 42.1 Å². The molecule has 0 saturated heterocycles. The number of anilines is 3. The van der Waals surface area contributed by atoms with Gasteiger partial charge in [-0.2, -0.15) is 18.2 Å². The zero-order valence-electron chi connectivity index (χ0n) is 16.6. The quantitative estimate of drug-likeness (QED) is 0.165. The molecule has 1 nitrogen and oxygen atoms in total. The molecule has 0 atom stereocenters. The third-order valence-corrected chi connectivity index (χ3v) is 5.98. The summed E-state index contributed by atoms with van der Waals surface area (Å²) < 4.78 is 0. The maximum Gasteiger partial charge on any atom is 0.0584 e. The van der Waals surface area contributed by atoms with E-state index in [0.717, 1.165) is 0 Å². The number of fused-ring (bicyclic) bond motifs is 3. The maximum atomic E-state index is 4.89. The normalized spacial score (nSPS) is 11.4. The summed E-state index contributed by atoms with van der Waals surface area (Å²) in [6, 6.07) is 40.4. The van der Waals surface area contributed by atoms with Crippen LogP contribution in [-0.4, -0.2) is 0 Å². The van der Waals surface area contributed by atoms with Crippen molar-refractivity contribution >= 4 is 58.2 Å². The van der Waals surface area contributed by atoms with E-state index in [1.54, 1.807) is 0 Å². The molecule has 0 N–H and O–H groups in total. The number of para-hydroxylation sites is 2. The number of hydrogen-bond donors (Lipinski definition) is 0. The minimum absolute atomic E-state index is 0.556. The molecular formula is C26H19Cl2NSTi-2. The number of nitrogens with zero attached hydrogens (tertiary/aromatic N) is 1.